The van der Waals surface area contributed by atoms with Gasteiger partial charge in [-0.1, -0.05) is 43.3 Å². The molecule has 2 fully saturated rings. The Labute approximate surface area is 193 Å². The summed E-state index contributed by atoms with van der Waals surface area (Å²) in [5, 5.41) is 0. The predicted octanol–water partition coefficient (Wildman–Crippen LogP) is 4.76. The van der Waals surface area contributed by atoms with Crippen LogP contribution in [0.25, 0.3) is 0 Å². The van der Waals surface area contributed by atoms with Gasteiger partial charge < -0.3 is 4.74 Å². The summed E-state index contributed by atoms with van der Waals surface area (Å²) in [4.78, 5) is 29.8. The number of rotatable bonds is 6. The topological polar surface area (TPSA) is 49.9 Å². The third-order valence-electron chi connectivity index (χ3n) is 7.23. The van der Waals surface area contributed by atoms with E-state index in [1.807, 2.05) is 30.3 Å². The quantitative estimate of drug-likeness (QED) is 0.629. The molecule has 0 aliphatic carbocycles. The normalized spacial score (nSPS) is 23.7. The number of cyclic esters (lactones) is 1. The van der Waals surface area contributed by atoms with Gasteiger partial charge in [0, 0.05) is 30.6 Å². The maximum Gasteiger partial charge on any atom is 0.416 e. The van der Waals surface area contributed by atoms with Crippen LogP contribution in [0.3, 0.4) is 0 Å². The zero-order valence-corrected chi connectivity index (χ0v) is 19.3. The number of nitrogens with zero attached hydrogens (tertiary/aromatic N) is 2. The Kier molecular flexibility index (Phi) is 6.52. The molecule has 3 atom stereocenters. The van der Waals surface area contributed by atoms with Crippen LogP contribution in [0.2, 0.25) is 0 Å². The second-order valence-corrected chi connectivity index (χ2v) is 9.58. The maximum absolute atomic E-state index is 14.8. The van der Waals surface area contributed by atoms with Crippen molar-refractivity contribution in [1.29, 1.82) is 0 Å². The molecular formula is C26H30F2N2O3. The minimum atomic E-state index is -0.668. The van der Waals surface area contributed by atoms with Gasteiger partial charge in [-0.2, -0.15) is 0 Å². The van der Waals surface area contributed by atoms with Crippen molar-refractivity contribution in [3.05, 3.63) is 71.3 Å². The summed E-state index contributed by atoms with van der Waals surface area (Å²) in [5.74, 6) is -2.82. The number of halogens is 2. The molecule has 33 heavy (non-hydrogen) atoms. The largest absolute Gasteiger partial charge is 0.447 e. The van der Waals surface area contributed by atoms with Gasteiger partial charge >= 0.3 is 6.09 Å². The van der Waals surface area contributed by atoms with Gasteiger partial charge in [0.15, 0.2) is 0 Å². The molecule has 0 spiro atoms. The lowest BCUT2D eigenvalue weighted by molar-refractivity contribution is -0.133. The SMILES string of the molecule is CCC(C)(C)N1CC(c2ccc(F)cc2F)[C@H](C(=O)N2C(=O)OC[C@@H]2Cc2ccccc2)C1. The number of imide groups is 1. The molecular weight excluding hydrogens is 426 g/mol. The van der Waals surface area contributed by atoms with Crippen LogP contribution in [-0.2, 0) is 16.0 Å². The second kappa shape index (κ2) is 9.21. The first-order valence-electron chi connectivity index (χ1n) is 11.4. The van der Waals surface area contributed by atoms with Crippen molar-refractivity contribution in [2.24, 2.45) is 5.92 Å². The highest BCUT2D eigenvalue weighted by atomic mass is 19.1. The Balaban J connectivity index is 1.65. The van der Waals surface area contributed by atoms with E-state index >= 15 is 0 Å². The monoisotopic (exact) mass is 456 g/mol. The summed E-state index contributed by atoms with van der Waals surface area (Å²) < 4.78 is 33.6. The van der Waals surface area contributed by atoms with E-state index in [1.54, 1.807) is 0 Å². The average Bonchev–Trinajstić information content (AvgIpc) is 3.39. The fraction of sp³-hybridized carbons (Fsp3) is 0.462. The third-order valence-corrected chi connectivity index (χ3v) is 7.23. The molecule has 176 valence electrons. The fourth-order valence-corrected chi connectivity index (χ4v) is 4.83. The summed E-state index contributed by atoms with van der Waals surface area (Å²) in [5.41, 5.74) is 1.09. The van der Waals surface area contributed by atoms with Crippen molar-refractivity contribution < 1.29 is 23.1 Å². The lowest BCUT2D eigenvalue weighted by Gasteiger charge is -2.35. The maximum atomic E-state index is 14.8. The number of carbonyl (C=O) groups is 2. The molecule has 0 bridgehead atoms. The lowest BCUT2D eigenvalue weighted by atomic mass is 9.87. The molecule has 7 heteroatoms. The average molecular weight is 457 g/mol. The Bertz CT molecular complexity index is 1030. The zero-order chi connectivity index (χ0) is 23.8. The van der Waals surface area contributed by atoms with Gasteiger partial charge in [-0.3, -0.25) is 9.69 Å². The van der Waals surface area contributed by atoms with Gasteiger partial charge in [0.25, 0.3) is 0 Å². The van der Waals surface area contributed by atoms with Crippen LogP contribution in [0.15, 0.2) is 48.5 Å². The van der Waals surface area contributed by atoms with Gasteiger partial charge in [0.2, 0.25) is 5.91 Å². The fourth-order valence-electron chi connectivity index (χ4n) is 4.83. The van der Waals surface area contributed by atoms with Crippen LogP contribution in [0.5, 0.6) is 0 Å². The standard InChI is InChI=1S/C26H30F2N2O3/c1-4-26(2,3)29-14-21(20-11-10-18(27)13-23(20)28)22(15-29)24(31)30-19(16-33-25(30)32)12-17-8-6-5-7-9-17/h5-11,13,19,21-22H,4,12,14-16H2,1-3H3/t19-,21?,22+/m0/s1. The van der Waals surface area contributed by atoms with E-state index in [0.29, 0.717) is 25.1 Å². The van der Waals surface area contributed by atoms with Gasteiger partial charge in [-0.15, -0.1) is 0 Å². The number of benzene rings is 2. The summed E-state index contributed by atoms with van der Waals surface area (Å²) in [7, 11) is 0. The molecule has 0 radical (unpaired) electrons. The highest BCUT2D eigenvalue weighted by Crippen LogP contribution is 2.40. The van der Waals surface area contributed by atoms with E-state index in [-0.39, 0.29) is 18.1 Å². The van der Waals surface area contributed by atoms with Crippen molar-refractivity contribution in [2.75, 3.05) is 19.7 Å². The van der Waals surface area contributed by atoms with Gasteiger partial charge in [0.1, 0.15) is 18.2 Å². The van der Waals surface area contributed by atoms with Crippen LogP contribution in [0, 0.1) is 17.6 Å². The van der Waals surface area contributed by atoms with Crippen molar-refractivity contribution >= 4 is 12.0 Å². The number of carbonyl (C=O) groups excluding carboxylic acids is 2. The van der Waals surface area contributed by atoms with Gasteiger partial charge in [-0.05, 0) is 43.9 Å². The third kappa shape index (κ3) is 4.64. The Hall–Kier alpha value is -2.80. The molecule has 2 heterocycles. The van der Waals surface area contributed by atoms with E-state index in [2.05, 4.69) is 25.7 Å². The first-order chi connectivity index (χ1) is 15.7. The molecule has 5 nitrogen and oxygen atoms in total. The number of hydrogen-bond donors (Lipinski definition) is 0. The molecule has 0 aromatic heterocycles. The predicted molar refractivity (Wildman–Crippen MR) is 121 cm³/mol. The van der Waals surface area contributed by atoms with Crippen LogP contribution < -0.4 is 0 Å². The van der Waals surface area contributed by atoms with Gasteiger partial charge in [0.05, 0.1) is 12.0 Å². The highest BCUT2D eigenvalue weighted by Gasteiger charge is 2.49. The zero-order valence-electron chi connectivity index (χ0n) is 19.3. The summed E-state index contributed by atoms with van der Waals surface area (Å²) in [6.07, 6.45) is 0.673. The lowest BCUT2D eigenvalue weighted by Crippen LogP contribution is -2.46. The molecule has 1 unspecified atom stereocenters. The van der Waals surface area contributed by atoms with Crippen LogP contribution in [0.4, 0.5) is 13.6 Å². The molecule has 2 amide bonds. The summed E-state index contributed by atoms with van der Waals surface area (Å²) in [6.45, 7) is 7.21. The van der Waals surface area contributed by atoms with E-state index in [9.17, 15) is 18.4 Å². The number of likely N-dealkylation sites (tertiary alicyclic amines) is 1. The number of hydrogen-bond acceptors (Lipinski definition) is 4. The number of ether oxygens (including phenoxy) is 1. The van der Waals surface area contributed by atoms with Crippen LogP contribution >= 0.6 is 0 Å². The van der Waals surface area contributed by atoms with Crippen molar-refractivity contribution in [2.45, 2.75) is 51.1 Å². The van der Waals surface area contributed by atoms with E-state index < -0.39 is 35.6 Å². The minimum Gasteiger partial charge on any atom is -0.447 e. The summed E-state index contributed by atoms with van der Waals surface area (Å²) in [6, 6.07) is 12.7. The van der Waals surface area contributed by atoms with Crippen LogP contribution in [-0.4, -0.2) is 53.1 Å². The molecule has 2 aliphatic rings. The van der Waals surface area contributed by atoms with Crippen molar-refractivity contribution in [3.8, 4) is 0 Å². The molecule has 2 aliphatic heterocycles. The second-order valence-electron chi connectivity index (χ2n) is 9.58. The molecule has 0 saturated carbocycles. The smallest absolute Gasteiger partial charge is 0.416 e. The first kappa shape index (κ1) is 23.4. The number of amides is 2. The Morgan fingerprint density at radius 3 is 2.52 bits per heavy atom. The molecule has 2 saturated heterocycles. The van der Waals surface area contributed by atoms with Gasteiger partial charge in [-0.25, -0.2) is 18.5 Å². The minimum absolute atomic E-state index is 0.131. The molecule has 4 rings (SSSR count). The van der Waals surface area contributed by atoms with Crippen molar-refractivity contribution in [1.82, 2.24) is 9.80 Å². The molecule has 2 aromatic carbocycles. The highest BCUT2D eigenvalue weighted by molar-refractivity contribution is 5.95. The van der Waals surface area contributed by atoms with E-state index in [0.717, 1.165) is 18.1 Å². The molecule has 2 aromatic rings. The summed E-state index contributed by atoms with van der Waals surface area (Å²) >= 11 is 0. The first-order valence-corrected chi connectivity index (χ1v) is 11.4. The van der Waals surface area contributed by atoms with E-state index in [1.165, 1.54) is 17.0 Å². The molecule has 0 N–H and O–H groups in total. The van der Waals surface area contributed by atoms with E-state index in [4.69, 9.17) is 4.74 Å². The van der Waals surface area contributed by atoms with Crippen molar-refractivity contribution in [3.63, 3.8) is 0 Å². The van der Waals surface area contributed by atoms with Crippen LogP contribution in [0.1, 0.15) is 44.2 Å². The Morgan fingerprint density at radius 2 is 1.85 bits per heavy atom. The Morgan fingerprint density at radius 1 is 1.12 bits per heavy atom.